The smallest absolute Gasteiger partial charge is 0.337 e. The number of carbonyl (C=O) groups is 3. The second-order valence-corrected chi connectivity index (χ2v) is 10.1. The third-order valence-electron chi connectivity index (χ3n) is 6.35. The summed E-state index contributed by atoms with van der Waals surface area (Å²) in [6, 6.07) is 19.2. The number of benzene rings is 3. The van der Waals surface area contributed by atoms with Crippen molar-refractivity contribution in [1.82, 2.24) is 4.90 Å². The summed E-state index contributed by atoms with van der Waals surface area (Å²) >= 11 is 1.26. The van der Waals surface area contributed by atoms with E-state index in [1.54, 1.807) is 74.8 Å². The van der Waals surface area contributed by atoms with E-state index in [2.05, 4.69) is 5.32 Å². The normalized spacial score (nSPS) is 15.5. The Bertz CT molecular complexity index is 1430. The van der Waals surface area contributed by atoms with E-state index in [1.165, 1.54) is 18.9 Å². The van der Waals surface area contributed by atoms with E-state index in [4.69, 9.17) is 23.9 Å². The van der Waals surface area contributed by atoms with Crippen LogP contribution < -0.4 is 19.5 Å². The minimum atomic E-state index is -0.647. The van der Waals surface area contributed by atoms with Gasteiger partial charge in [0, 0.05) is 18.7 Å². The van der Waals surface area contributed by atoms with Crippen molar-refractivity contribution in [1.29, 1.82) is 0 Å². The average molecular weight is 578 g/mol. The number of rotatable bonds is 11. The van der Waals surface area contributed by atoms with Crippen LogP contribution in [0, 0.1) is 0 Å². The van der Waals surface area contributed by atoms with Crippen LogP contribution in [-0.2, 0) is 20.7 Å². The van der Waals surface area contributed by atoms with Gasteiger partial charge in [-0.15, -0.1) is 0 Å². The topological polar surface area (TPSA) is 116 Å². The van der Waals surface area contributed by atoms with Crippen molar-refractivity contribution in [2.75, 3.05) is 40.3 Å². The van der Waals surface area contributed by atoms with E-state index in [9.17, 15) is 14.4 Å². The van der Waals surface area contributed by atoms with E-state index in [0.29, 0.717) is 52.3 Å². The van der Waals surface area contributed by atoms with Crippen molar-refractivity contribution >= 4 is 46.1 Å². The van der Waals surface area contributed by atoms with Crippen molar-refractivity contribution in [3.8, 4) is 17.2 Å². The number of carbonyl (C=O) groups excluding carboxylic acids is 3. The Kier molecular flexibility index (Phi) is 9.86. The maximum Gasteiger partial charge on any atom is 0.337 e. The number of nitrogens with zero attached hydrogens (tertiary/aromatic N) is 2. The first-order chi connectivity index (χ1) is 19.8. The number of ether oxygens (including phenoxy) is 4. The number of amides is 2. The number of hydrogen-bond acceptors (Lipinski definition) is 9. The highest BCUT2D eigenvalue weighted by Gasteiger charge is 2.39. The predicted molar refractivity (Wildman–Crippen MR) is 157 cm³/mol. The molecule has 0 saturated carbocycles. The molecule has 214 valence electrons. The fourth-order valence-electron chi connectivity index (χ4n) is 4.16. The van der Waals surface area contributed by atoms with Crippen LogP contribution in [0.25, 0.3) is 0 Å². The summed E-state index contributed by atoms with van der Waals surface area (Å²) in [7, 11) is 6.04. The Morgan fingerprint density at radius 1 is 0.902 bits per heavy atom. The minimum Gasteiger partial charge on any atom is -0.497 e. The molecule has 0 aliphatic carbocycles. The Labute approximate surface area is 242 Å². The van der Waals surface area contributed by atoms with Crippen LogP contribution >= 0.6 is 11.8 Å². The van der Waals surface area contributed by atoms with Crippen LogP contribution in [0.4, 0.5) is 11.4 Å². The van der Waals surface area contributed by atoms with Crippen molar-refractivity contribution in [3.63, 3.8) is 0 Å². The molecule has 1 aliphatic rings. The molecule has 0 spiro atoms. The summed E-state index contributed by atoms with van der Waals surface area (Å²) < 4.78 is 20.7. The van der Waals surface area contributed by atoms with Gasteiger partial charge in [0.25, 0.3) is 0 Å². The Morgan fingerprint density at radius 2 is 1.61 bits per heavy atom. The molecule has 0 unspecified atom stereocenters. The Hall–Kier alpha value is -4.51. The van der Waals surface area contributed by atoms with Crippen LogP contribution in [-0.4, -0.2) is 68.1 Å². The van der Waals surface area contributed by atoms with Gasteiger partial charge in [-0.05, 0) is 72.6 Å². The first-order valence-electron chi connectivity index (χ1n) is 12.7. The highest BCUT2D eigenvalue weighted by Crippen LogP contribution is 2.33. The highest BCUT2D eigenvalue weighted by atomic mass is 32.2. The van der Waals surface area contributed by atoms with Crippen molar-refractivity contribution < 1.29 is 33.3 Å². The molecule has 10 nitrogen and oxygen atoms in total. The van der Waals surface area contributed by atoms with Gasteiger partial charge in [-0.2, -0.15) is 0 Å². The SMILES string of the molecule is COC(=O)c1ccc(NC(=O)C[C@@H]2SC(=Nc3ccc(OC)cc3)N(CCc3ccc(OC)c(OC)c3)C2=O)cc1. The lowest BCUT2D eigenvalue weighted by Gasteiger charge is -2.17. The molecule has 1 fully saturated rings. The van der Waals surface area contributed by atoms with Gasteiger partial charge in [0.1, 0.15) is 11.0 Å². The van der Waals surface area contributed by atoms with Crippen molar-refractivity contribution in [2.45, 2.75) is 18.1 Å². The summed E-state index contributed by atoms with van der Waals surface area (Å²) in [6.45, 7) is 0.364. The molecule has 4 rings (SSSR count). The maximum absolute atomic E-state index is 13.5. The van der Waals surface area contributed by atoms with E-state index in [-0.39, 0.29) is 18.2 Å². The molecule has 0 aromatic heterocycles. The van der Waals surface area contributed by atoms with Gasteiger partial charge in [-0.3, -0.25) is 14.5 Å². The molecule has 41 heavy (non-hydrogen) atoms. The molecule has 2 amide bonds. The number of amidine groups is 1. The van der Waals surface area contributed by atoms with E-state index >= 15 is 0 Å². The van der Waals surface area contributed by atoms with Gasteiger partial charge < -0.3 is 24.3 Å². The number of methoxy groups -OCH3 is 4. The number of esters is 1. The zero-order valence-corrected chi connectivity index (χ0v) is 24.0. The highest BCUT2D eigenvalue weighted by molar-refractivity contribution is 8.15. The number of thioether (sulfide) groups is 1. The molecular formula is C30H31N3O7S. The molecule has 1 atom stereocenters. The van der Waals surface area contributed by atoms with Crippen LogP contribution in [0.3, 0.4) is 0 Å². The molecular weight excluding hydrogens is 546 g/mol. The second kappa shape index (κ2) is 13.7. The molecule has 0 radical (unpaired) electrons. The maximum atomic E-state index is 13.5. The molecule has 3 aromatic carbocycles. The van der Waals surface area contributed by atoms with Gasteiger partial charge in [-0.25, -0.2) is 9.79 Å². The van der Waals surface area contributed by atoms with Crippen molar-refractivity contribution in [3.05, 3.63) is 77.9 Å². The molecule has 0 bridgehead atoms. The van der Waals surface area contributed by atoms with Crippen LogP contribution in [0.2, 0.25) is 0 Å². The number of nitrogens with one attached hydrogen (secondary N) is 1. The Balaban J connectivity index is 1.50. The summed E-state index contributed by atoms with van der Waals surface area (Å²) in [4.78, 5) is 44.4. The van der Waals surface area contributed by atoms with Crippen molar-refractivity contribution in [2.24, 2.45) is 4.99 Å². The number of aliphatic imine (C=N–C) groups is 1. The van der Waals surface area contributed by atoms with Crippen LogP contribution in [0.1, 0.15) is 22.3 Å². The molecule has 11 heteroatoms. The Morgan fingerprint density at radius 3 is 2.24 bits per heavy atom. The predicted octanol–water partition coefficient (Wildman–Crippen LogP) is 4.70. The minimum absolute atomic E-state index is 0.0449. The molecule has 1 saturated heterocycles. The largest absolute Gasteiger partial charge is 0.497 e. The zero-order chi connectivity index (χ0) is 29.4. The number of anilines is 1. The molecule has 1 N–H and O–H groups in total. The first kappa shape index (κ1) is 29.5. The van der Waals surface area contributed by atoms with Gasteiger partial charge >= 0.3 is 5.97 Å². The van der Waals surface area contributed by atoms with E-state index < -0.39 is 11.2 Å². The number of hydrogen-bond donors (Lipinski definition) is 1. The summed E-state index contributed by atoms with van der Waals surface area (Å²) in [5, 5.41) is 2.66. The van der Waals surface area contributed by atoms with Gasteiger partial charge in [0.05, 0.1) is 39.7 Å². The van der Waals surface area contributed by atoms with E-state index in [0.717, 1.165) is 5.56 Å². The van der Waals surface area contributed by atoms with Gasteiger partial charge in [0.15, 0.2) is 16.7 Å². The third kappa shape index (κ3) is 7.37. The lowest BCUT2D eigenvalue weighted by atomic mass is 10.1. The second-order valence-electron chi connectivity index (χ2n) is 8.95. The summed E-state index contributed by atoms with van der Waals surface area (Å²) in [5.41, 5.74) is 2.50. The molecule has 1 aliphatic heterocycles. The van der Waals surface area contributed by atoms with E-state index in [1.807, 2.05) is 18.2 Å². The monoisotopic (exact) mass is 577 g/mol. The van der Waals surface area contributed by atoms with Gasteiger partial charge in [0.2, 0.25) is 11.8 Å². The van der Waals surface area contributed by atoms with Gasteiger partial charge in [-0.1, -0.05) is 17.8 Å². The summed E-state index contributed by atoms with van der Waals surface area (Å²) in [6.07, 6.45) is 0.497. The lowest BCUT2D eigenvalue weighted by Crippen LogP contribution is -2.35. The quantitative estimate of drug-likeness (QED) is 0.326. The standard InChI is InChI=1S/C30H31N3O7S/c1-37-23-12-10-22(11-13-23)32-30-33(16-15-19-5-14-24(38-2)25(17-19)39-3)28(35)26(41-30)18-27(34)31-21-8-6-20(7-9-21)29(36)40-4/h5-14,17,26H,15-16,18H2,1-4H3,(H,31,34)/t26-/m0/s1. The fourth-order valence-corrected chi connectivity index (χ4v) is 5.35. The molecule has 3 aromatic rings. The summed E-state index contributed by atoms with van der Waals surface area (Å²) in [5.74, 6) is 0.938. The van der Waals surface area contributed by atoms with Crippen LogP contribution in [0.5, 0.6) is 17.2 Å². The van der Waals surface area contributed by atoms with Crippen LogP contribution in [0.15, 0.2) is 71.7 Å². The molecule has 1 heterocycles. The average Bonchev–Trinajstić information content (AvgIpc) is 3.28. The third-order valence-corrected chi connectivity index (χ3v) is 7.53. The fraction of sp³-hybridized carbons (Fsp3) is 0.267. The lowest BCUT2D eigenvalue weighted by molar-refractivity contribution is -0.128. The first-order valence-corrected chi connectivity index (χ1v) is 13.6. The zero-order valence-electron chi connectivity index (χ0n) is 23.2.